The van der Waals surface area contributed by atoms with Crippen LogP contribution in [-0.4, -0.2) is 11.1 Å². The molecule has 0 aliphatic heterocycles. The molecular weight excluding hydrogens is 290 g/mol. The smallest absolute Gasteiger partial charge is 0.339 e. The zero-order valence-corrected chi connectivity index (χ0v) is 12.0. The van der Waals surface area contributed by atoms with Crippen LogP contribution in [0.1, 0.15) is 27.0 Å². The second-order valence-electron chi connectivity index (χ2n) is 4.49. The summed E-state index contributed by atoms with van der Waals surface area (Å²) in [6.45, 7) is 2.10. The fraction of sp³-hybridized carbons (Fsp3) is 0.125. The number of carboxylic acids is 1. The fourth-order valence-electron chi connectivity index (χ4n) is 1.88. The molecule has 0 fully saturated rings. The summed E-state index contributed by atoms with van der Waals surface area (Å²) in [5.41, 5.74) is 2.41. The van der Waals surface area contributed by atoms with Crippen molar-refractivity contribution in [3.8, 4) is 11.8 Å². The lowest BCUT2D eigenvalue weighted by Crippen LogP contribution is -2.04. The van der Waals surface area contributed by atoms with Crippen molar-refractivity contribution in [2.75, 3.05) is 0 Å². The Balaban J connectivity index is 2.21. The third-order valence-electron chi connectivity index (χ3n) is 3.03. The number of nitrogens with zero attached hydrogens (tertiary/aromatic N) is 1. The summed E-state index contributed by atoms with van der Waals surface area (Å²) in [5.74, 6) is -0.834. The van der Waals surface area contributed by atoms with E-state index in [4.69, 9.17) is 26.7 Å². The van der Waals surface area contributed by atoms with Crippen LogP contribution < -0.4 is 4.74 Å². The lowest BCUT2D eigenvalue weighted by Gasteiger charge is -2.11. The molecular formula is C16H12ClNO3. The number of ether oxygens (including phenoxy) is 1. The quantitative estimate of drug-likeness (QED) is 0.932. The summed E-state index contributed by atoms with van der Waals surface area (Å²) >= 11 is 5.79. The predicted octanol–water partition coefficient (Wildman–Crippen LogP) is 3.80. The van der Waals surface area contributed by atoms with Gasteiger partial charge in [0.1, 0.15) is 17.9 Å². The Bertz CT molecular complexity index is 735. The van der Waals surface area contributed by atoms with E-state index >= 15 is 0 Å². The molecule has 0 spiro atoms. The Hall–Kier alpha value is -2.51. The number of hydrogen-bond acceptors (Lipinski definition) is 3. The van der Waals surface area contributed by atoms with Crippen LogP contribution in [0.3, 0.4) is 0 Å². The van der Waals surface area contributed by atoms with Gasteiger partial charge in [0, 0.05) is 5.02 Å². The second-order valence-corrected chi connectivity index (χ2v) is 4.92. The van der Waals surface area contributed by atoms with E-state index in [1.54, 1.807) is 24.3 Å². The number of nitriles is 1. The Morgan fingerprint density at radius 2 is 2.10 bits per heavy atom. The van der Waals surface area contributed by atoms with Crippen LogP contribution in [0.2, 0.25) is 5.02 Å². The minimum absolute atomic E-state index is 0.0220. The molecule has 2 rings (SSSR count). The number of hydrogen-bond donors (Lipinski definition) is 1. The first-order valence-corrected chi connectivity index (χ1v) is 6.54. The predicted molar refractivity (Wildman–Crippen MR) is 78.6 cm³/mol. The molecule has 0 aliphatic rings. The topological polar surface area (TPSA) is 70.3 Å². The van der Waals surface area contributed by atoms with Crippen LogP contribution in [0.15, 0.2) is 36.4 Å². The van der Waals surface area contributed by atoms with Gasteiger partial charge in [-0.3, -0.25) is 0 Å². The molecule has 0 atom stereocenters. The molecule has 0 saturated carbocycles. The minimum atomic E-state index is -1.09. The Morgan fingerprint density at radius 3 is 2.71 bits per heavy atom. The summed E-state index contributed by atoms with van der Waals surface area (Å²) in [4.78, 5) is 11.2. The number of aryl methyl sites for hydroxylation is 1. The van der Waals surface area contributed by atoms with Crippen molar-refractivity contribution < 1.29 is 14.6 Å². The molecule has 0 aromatic heterocycles. The maximum atomic E-state index is 11.2. The van der Waals surface area contributed by atoms with Gasteiger partial charge in [-0.1, -0.05) is 17.7 Å². The molecule has 0 amide bonds. The van der Waals surface area contributed by atoms with E-state index < -0.39 is 5.97 Å². The van der Waals surface area contributed by atoms with Crippen molar-refractivity contribution in [2.45, 2.75) is 13.5 Å². The molecule has 2 aromatic rings. The molecule has 0 bridgehead atoms. The number of aromatic carboxylic acids is 1. The molecule has 0 aliphatic carbocycles. The maximum absolute atomic E-state index is 11.2. The zero-order valence-electron chi connectivity index (χ0n) is 11.3. The normalized spacial score (nSPS) is 9.95. The van der Waals surface area contributed by atoms with Gasteiger partial charge in [0.05, 0.1) is 11.6 Å². The van der Waals surface area contributed by atoms with E-state index in [9.17, 15) is 4.79 Å². The molecule has 0 unspecified atom stereocenters. The lowest BCUT2D eigenvalue weighted by molar-refractivity contribution is 0.0691. The van der Waals surface area contributed by atoms with Crippen LogP contribution in [0.4, 0.5) is 0 Å². The average Bonchev–Trinajstić information content (AvgIpc) is 2.46. The summed E-state index contributed by atoms with van der Waals surface area (Å²) in [7, 11) is 0. The fourth-order valence-corrected chi connectivity index (χ4v) is 2.05. The molecule has 1 N–H and O–H groups in total. The largest absolute Gasteiger partial charge is 0.488 e. The van der Waals surface area contributed by atoms with Gasteiger partial charge in [0.2, 0.25) is 0 Å². The number of benzene rings is 2. The van der Waals surface area contributed by atoms with E-state index in [0.29, 0.717) is 10.6 Å². The Morgan fingerprint density at radius 1 is 1.33 bits per heavy atom. The van der Waals surface area contributed by atoms with Gasteiger partial charge in [-0.2, -0.15) is 5.26 Å². The Kier molecular flexibility index (Phi) is 4.46. The van der Waals surface area contributed by atoms with Crippen LogP contribution >= 0.6 is 11.6 Å². The SMILES string of the molecule is Cc1cc(C#N)ccc1COc1ccc(Cl)cc1C(=O)O. The van der Waals surface area contributed by atoms with Crippen molar-refractivity contribution in [1.29, 1.82) is 5.26 Å². The third-order valence-corrected chi connectivity index (χ3v) is 3.26. The van der Waals surface area contributed by atoms with Gasteiger partial charge in [0.25, 0.3) is 0 Å². The molecule has 21 heavy (non-hydrogen) atoms. The summed E-state index contributed by atoms with van der Waals surface area (Å²) in [6, 6.07) is 11.8. The van der Waals surface area contributed by atoms with E-state index in [1.165, 1.54) is 12.1 Å². The van der Waals surface area contributed by atoms with Crippen molar-refractivity contribution in [1.82, 2.24) is 0 Å². The van der Waals surface area contributed by atoms with Crippen LogP contribution in [0.25, 0.3) is 0 Å². The minimum Gasteiger partial charge on any atom is -0.488 e. The third kappa shape index (κ3) is 3.53. The number of carbonyl (C=O) groups is 1. The first kappa shape index (κ1) is 14.9. The van der Waals surface area contributed by atoms with Gasteiger partial charge >= 0.3 is 5.97 Å². The summed E-state index contributed by atoms with van der Waals surface area (Å²) in [5, 5.41) is 18.3. The number of halogens is 1. The first-order chi connectivity index (χ1) is 10.0. The first-order valence-electron chi connectivity index (χ1n) is 6.16. The van der Waals surface area contributed by atoms with E-state index in [1.807, 2.05) is 6.92 Å². The number of carboxylic acid groups (broad SMARTS) is 1. The lowest BCUT2D eigenvalue weighted by atomic mass is 10.1. The monoisotopic (exact) mass is 301 g/mol. The van der Waals surface area contributed by atoms with Gasteiger partial charge in [-0.25, -0.2) is 4.79 Å². The molecule has 106 valence electrons. The highest BCUT2D eigenvalue weighted by molar-refractivity contribution is 6.31. The Labute approximate surface area is 127 Å². The highest BCUT2D eigenvalue weighted by atomic mass is 35.5. The summed E-state index contributed by atoms with van der Waals surface area (Å²) in [6.07, 6.45) is 0. The van der Waals surface area contributed by atoms with E-state index in [0.717, 1.165) is 11.1 Å². The van der Waals surface area contributed by atoms with Gasteiger partial charge in [-0.05, 0) is 48.4 Å². The van der Waals surface area contributed by atoms with E-state index in [-0.39, 0.29) is 17.9 Å². The van der Waals surface area contributed by atoms with Gasteiger partial charge in [0.15, 0.2) is 0 Å². The van der Waals surface area contributed by atoms with Crippen LogP contribution in [0.5, 0.6) is 5.75 Å². The maximum Gasteiger partial charge on any atom is 0.339 e. The molecule has 5 heteroatoms. The van der Waals surface area contributed by atoms with Gasteiger partial charge in [-0.15, -0.1) is 0 Å². The van der Waals surface area contributed by atoms with Crippen LogP contribution in [0, 0.1) is 18.3 Å². The number of rotatable bonds is 4. The van der Waals surface area contributed by atoms with Crippen LogP contribution in [-0.2, 0) is 6.61 Å². The van der Waals surface area contributed by atoms with Gasteiger partial charge < -0.3 is 9.84 Å². The molecule has 2 aromatic carbocycles. The highest BCUT2D eigenvalue weighted by Gasteiger charge is 2.12. The second kappa shape index (κ2) is 6.29. The molecule has 0 heterocycles. The van der Waals surface area contributed by atoms with Crippen molar-refractivity contribution in [2.24, 2.45) is 0 Å². The average molecular weight is 302 g/mol. The highest BCUT2D eigenvalue weighted by Crippen LogP contribution is 2.24. The van der Waals surface area contributed by atoms with Crippen molar-refractivity contribution in [3.63, 3.8) is 0 Å². The van der Waals surface area contributed by atoms with E-state index in [2.05, 4.69) is 6.07 Å². The molecule has 0 saturated heterocycles. The van der Waals surface area contributed by atoms with Crippen molar-refractivity contribution >= 4 is 17.6 Å². The standard InChI is InChI=1S/C16H12ClNO3/c1-10-6-11(8-18)2-3-12(10)9-21-15-5-4-13(17)7-14(15)16(19)20/h2-7H,9H2,1H3,(H,19,20). The van der Waals surface area contributed by atoms with Crippen molar-refractivity contribution in [3.05, 3.63) is 63.7 Å². The zero-order chi connectivity index (χ0) is 15.4. The molecule has 0 radical (unpaired) electrons. The molecule has 4 nitrogen and oxygen atoms in total. The summed E-state index contributed by atoms with van der Waals surface area (Å²) < 4.78 is 5.57.